The molecule has 0 bridgehead atoms. The molecule has 1 atom stereocenters. The lowest BCUT2D eigenvalue weighted by atomic mass is 9.99. The lowest BCUT2D eigenvalue weighted by Gasteiger charge is -2.37. The number of pyridine rings is 1. The summed E-state index contributed by atoms with van der Waals surface area (Å²) in [7, 11) is 1.64. The number of fused-ring (bicyclic) bond motifs is 1. The van der Waals surface area contributed by atoms with E-state index in [0.29, 0.717) is 45.3 Å². The van der Waals surface area contributed by atoms with Crippen LogP contribution < -0.4 is 15.2 Å². The number of piperidine rings is 1. The van der Waals surface area contributed by atoms with E-state index >= 15 is 0 Å². The third-order valence-electron chi connectivity index (χ3n) is 7.29. The third-order valence-corrected chi connectivity index (χ3v) is 8.67. The van der Waals surface area contributed by atoms with Gasteiger partial charge in [-0.25, -0.2) is 4.98 Å². The average Bonchev–Trinajstić information content (AvgIpc) is 3.21. The van der Waals surface area contributed by atoms with Crippen LogP contribution in [0.4, 0.5) is 5.82 Å². The van der Waals surface area contributed by atoms with E-state index in [9.17, 15) is 9.59 Å². The maximum Gasteiger partial charge on any atom is 0.267 e. The number of benzene rings is 1. The summed E-state index contributed by atoms with van der Waals surface area (Å²) in [6, 6.07) is 12.0. The number of nitrogens with zero attached hydrogens (tertiary/aromatic N) is 4. The van der Waals surface area contributed by atoms with Crippen LogP contribution in [0.25, 0.3) is 11.7 Å². The summed E-state index contributed by atoms with van der Waals surface area (Å²) in [6.07, 6.45) is 8.45. The molecule has 7 nitrogen and oxygen atoms in total. The van der Waals surface area contributed by atoms with E-state index in [4.69, 9.17) is 21.9 Å². The molecule has 2 fully saturated rings. The van der Waals surface area contributed by atoms with E-state index in [-0.39, 0.29) is 11.5 Å². The van der Waals surface area contributed by atoms with E-state index in [0.717, 1.165) is 42.7 Å². The van der Waals surface area contributed by atoms with E-state index in [1.165, 1.54) is 18.2 Å². The van der Waals surface area contributed by atoms with Crippen molar-refractivity contribution in [2.24, 2.45) is 0 Å². The normalized spacial score (nSPS) is 19.1. The van der Waals surface area contributed by atoms with Crippen molar-refractivity contribution in [2.45, 2.75) is 52.0 Å². The molecule has 2 aliphatic heterocycles. The van der Waals surface area contributed by atoms with Gasteiger partial charge in [0.25, 0.3) is 11.5 Å². The number of ether oxygens (including phenoxy) is 1. The van der Waals surface area contributed by atoms with Gasteiger partial charge in [0.2, 0.25) is 0 Å². The number of hydrogen-bond donors (Lipinski definition) is 0. The molecule has 5 rings (SSSR count). The minimum atomic E-state index is -0.169. The van der Waals surface area contributed by atoms with E-state index < -0.39 is 0 Å². The monoisotopic (exact) mass is 548 g/mol. The number of aromatic nitrogens is 2. The van der Waals surface area contributed by atoms with Gasteiger partial charge in [-0.2, -0.15) is 0 Å². The molecular formula is C29H32N4O3S2. The molecule has 1 amide bonds. The van der Waals surface area contributed by atoms with Crippen LogP contribution in [0.1, 0.15) is 49.3 Å². The summed E-state index contributed by atoms with van der Waals surface area (Å²) < 4.78 is 7.32. The third kappa shape index (κ3) is 5.22. The van der Waals surface area contributed by atoms with Gasteiger partial charge in [-0.1, -0.05) is 49.1 Å². The second-order valence-electron chi connectivity index (χ2n) is 9.77. The second-order valence-corrected chi connectivity index (χ2v) is 11.4. The van der Waals surface area contributed by atoms with Crippen molar-refractivity contribution in [3.8, 4) is 5.75 Å². The Balaban J connectivity index is 1.50. The second kappa shape index (κ2) is 11.3. The summed E-state index contributed by atoms with van der Waals surface area (Å²) in [5.41, 5.74) is 2.95. The number of carbonyl (C=O) groups excluding carboxylic acids is 1. The van der Waals surface area contributed by atoms with Crippen molar-refractivity contribution in [1.82, 2.24) is 14.3 Å². The molecule has 2 aliphatic rings. The van der Waals surface area contributed by atoms with E-state index in [1.54, 1.807) is 28.7 Å². The standard InChI is InChI=1S/C29H32N4O3S2/c1-4-21-7-5-6-15-31(21)26-23(27(34)33-18-19(2)8-13-25(33)30-26)17-24-28(35)32(29(37)38-24)16-14-20-9-11-22(36-3)12-10-20/h8-13,17-18,21H,4-7,14-16H2,1-3H3/b24-17+. The van der Waals surface area contributed by atoms with Crippen molar-refractivity contribution in [2.75, 3.05) is 25.1 Å². The summed E-state index contributed by atoms with van der Waals surface area (Å²) in [4.78, 5) is 36.6. The Bertz CT molecular complexity index is 1470. The topological polar surface area (TPSA) is 67.2 Å². The Morgan fingerprint density at radius 1 is 1.16 bits per heavy atom. The number of rotatable bonds is 7. The quantitative estimate of drug-likeness (QED) is 0.296. The average molecular weight is 549 g/mol. The Labute approximate surface area is 232 Å². The molecule has 198 valence electrons. The number of thioether (sulfide) groups is 1. The van der Waals surface area contributed by atoms with E-state index in [1.807, 2.05) is 43.3 Å². The van der Waals surface area contributed by atoms with Gasteiger partial charge >= 0.3 is 0 Å². The molecule has 2 aromatic heterocycles. The zero-order chi connectivity index (χ0) is 26.8. The molecule has 0 N–H and O–H groups in total. The highest BCUT2D eigenvalue weighted by Crippen LogP contribution is 2.35. The molecule has 3 aromatic rings. The summed E-state index contributed by atoms with van der Waals surface area (Å²) >= 11 is 6.84. The first-order chi connectivity index (χ1) is 18.4. The first-order valence-electron chi connectivity index (χ1n) is 13.1. The van der Waals surface area contributed by atoms with Gasteiger partial charge in [0.05, 0.1) is 17.6 Å². The number of methoxy groups -OCH3 is 1. The fraction of sp³-hybridized carbons (Fsp3) is 0.379. The fourth-order valence-corrected chi connectivity index (χ4v) is 6.44. The maximum absolute atomic E-state index is 13.8. The molecule has 0 spiro atoms. The van der Waals surface area contributed by atoms with Crippen molar-refractivity contribution in [3.05, 3.63) is 74.5 Å². The first kappa shape index (κ1) is 26.4. The Kier molecular flexibility index (Phi) is 7.85. The minimum absolute atomic E-state index is 0.168. The van der Waals surface area contributed by atoms with Crippen LogP contribution in [0.15, 0.2) is 52.3 Å². The molecule has 0 radical (unpaired) electrons. The van der Waals surface area contributed by atoms with Crippen LogP contribution in [0.3, 0.4) is 0 Å². The van der Waals surface area contributed by atoms with Crippen LogP contribution in [0, 0.1) is 6.92 Å². The van der Waals surface area contributed by atoms with Gasteiger partial charge in [0.1, 0.15) is 21.5 Å². The smallest absolute Gasteiger partial charge is 0.267 e. The Hall–Kier alpha value is -3.17. The predicted molar refractivity (Wildman–Crippen MR) is 158 cm³/mol. The molecule has 1 aromatic carbocycles. The summed E-state index contributed by atoms with van der Waals surface area (Å²) in [5.74, 6) is 1.29. The van der Waals surface area contributed by atoms with Crippen molar-refractivity contribution < 1.29 is 9.53 Å². The first-order valence-corrected chi connectivity index (χ1v) is 14.3. The highest BCUT2D eigenvalue weighted by atomic mass is 32.2. The Morgan fingerprint density at radius 3 is 2.68 bits per heavy atom. The summed E-state index contributed by atoms with van der Waals surface area (Å²) in [6.45, 7) is 5.44. The van der Waals surface area contributed by atoms with Gasteiger partial charge in [0.15, 0.2) is 0 Å². The predicted octanol–water partition coefficient (Wildman–Crippen LogP) is 5.22. The number of anilines is 1. The van der Waals surface area contributed by atoms with Crippen LogP contribution in [0.5, 0.6) is 5.75 Å². The lowest BCUT2D eigenvalue weighted by Crippen LogP contribution is -2.41. The molecule has 2 saturated heterocycles. The Morgan fingerprint density at radius 2 is 1.95 bits per heavy atom. The van der Waals surface area contributed by atoms with Crippen LogP contribution in [0.2, 0.25) is 0 Å². The molecule has 0 aliphatic carbocycles. The van der Waals surface area contributed by atoms with Crippen molar-refractivity contribution in [1.29, 1.82) is 0 Å². The lowest BCUT2D eigenvalue weighted by molar-refractivity contribution is -0.122. The molecular weight excluding hydrogens is 516 g/mol. The zero-order valence-electron chi connectivity index (χ0n) is 22.0. The molecule has 38 heavy (non-hydrogen) atoms. The van der Waals surface area contributed by atoms with E-state index in [2.05, 4.69) is 11.8 Å². The number of hydrogen-bond acceptors (Lipinski definition) is 7. The number of thiocarbonyl (C=S) groups is 1. The number of aryl methyl sites for hydroxylation is 1. The molecule has 0 saturated carbocycles. The highest BCUT2D eigenvalue weighted by molar-refractivity contribution is 8.26. The summed E-state index contributed by atoms with van der Waals surface area (Å²) in [5, 5.41) is 0. The number of amides is 1. The molecule has 9 heteroatoms. The fourth-order valence-electron chi connectivity index (χ4n) is 5.15. The number of carbonyl (C=O) groups is 1. The van der Waals surface area contributed by atoms with Crippen molar-refractivity contribution in [3.63, 3.8) is 0 Å². The van der Waals surface area contributed by atoms with Gasteiger partial charge < -0.3 is 9.64 Å². The van der Waals surface area contributed by atoms with Gasteiger partial charge in [-0.15, -0.1) is 0 Å². The largest absolute Gasteiger partial charge is 0.497 e. The van der Waals surface area contributed by atoms with Crippen LogP contribution >= 0.6 is 24.0 Å². The maximum atomic E-state index is 13.8. The van der Waals surface area contributed by atoms with Crippen LogP contribution in [-0.4, -0.2) is 50.8 Å². The molecule has 1 unspecified atom stereocenters. The SMILES string of the molecule is CCC1CCCCN1c1nc2ccc(C)cn2c(=O)c1/C=C1/SC(=S)N(CCc2ccc(OC)cc2)C1=O. The van der Waals surface area contributed by atoms with Gasteiger partial charge in [-0.3, -0.25) is 18.9 Å². The van der Waals surface area contributed by atoms with Gasteiger partial charge in [0, 0.05) is 25.3 Å². The molecule has 4 heterocycles. The van der Waals surface area contributed by atoms with Crippen molar-refractivity contribution >= 4 is 51.7 Å². The highest BCUT2D eigenvalue weighted by Gasteiger charge is 2.33. The van der Waals surface area contributed by atoms with Gasteiger partial charge in [-0.05, 0) is 74.4 Å². The minimum Gasteiger partial charge on any atom is -0.497 e. The zero-order valence-corrected chi connectivity index (χ0v) is 23.6. The van der Waals surface area contributed by atoms with Crippen LogP contribution in [-0.2, 0) is 11.2 Å².